The molecule has 0 unspecified atom stereocenters. The summed E-state index contributed by atoms with van der Waals surface area (Å²) in [6.45, 7) is 4.49. The highest BCUT2D eigenvalue weighted by Gasteiger charge is 2.58. The van der Waals surface area contributed by atoms with E-state index in [4.69, 9.17) is 0 Å². The highest BCUT2D eigenvalue weighted by molar-refractivity contribution is 5.98. The van der Waals surface area contributed by atoms with Crippen molar-refractivity contribution in [2.75, 3.05) is 0 Å². The lowest BCUT2D eigenvalue weighted by Gasteiger charge is -2.56. The van der Waals surface area contributed by atoms with Gasteiger partial charge in [0.25, 0.3) is 0 Å². The molecule has 0 saturated heterocycles. The number of rotatable bonds is 2. The Balaban J connectivity index is 1.37. The van der Waals surface area contributed by atoms with Crippen LogP contribution in [0.15, 0.2) is 30.3 Å². The molecule has 0 aliphatic heterocycles. The van der Waals surface area contributed by atoms with Gasteiger partial charge in [-0.3, -0.25) is 4.79 Å². The van der Waals surface area contributed by atoms with Crippen molar-refractivity contribution in [2.45, 2.75) is 77.2 Å². The fraction of sp³-hybridized carbons (Fsp3) is 0.731. The first-order chi connectivity index (χ1) is 13.4. The number of fused-ring (bicyclic) bond motifs is 5. The molecule has 4 aliphatic carbocycles. The van der Waals surface area contributed by atoms with Gasteiger partial charge in [-0.1, -0.05) is 37.3 Å². The van der Waals surface area contributed by atoms with Crippen LogP contribution in [0.5, 0.6) is 0 Å². The van der Waals surface area contributed by atoms with E-state index in [1.165, 1.54) is 38.5 Å². The van der Waals surface area contributed by atoms with Crippen molar-refractivity contribution in [3.8, 4) is 0 Å². The summed E-state index contributed by atoms with van der Waals surface area (Å²) in [7, 11) is 0. The zero-order valence-electron chi connectivity index (χ0n) is 17.6. The van der Waals surface area contributed by atoms with E-state index >= 15 is 0 Å². The minimum Gasteiger partial charge on any atom is -0.390 e. The van der Waals surface area contributed by atoms with E-state index in [2.05, 4.69) is 6.92 Å². The first-order valence-electron chi connectivity index (χ1n) is 11.7. The zero-order valence-corrected chi connectivity index (χ0v) is 17.6. The summed E-state index contributed by atoms with van der Waals surface area (Å²) in [5.41, 5.74) is 0.675. The Morgan fingerprint density at radius 3 is 2.43 bits per heavy atom. The van der Waals surface area contributed by atoms with Crippen LogP contribution in [0.2, 0.25) is 0 Å². The highest BCUT2D eigenvalue weighted by atomic mass is 16.3. The fourth-order valence-corrected chi connectivity index (χ4v) is 8.32. The third-order valence-corrected chi connectivity index (χ3v) is 9.61. The highest BCUT2D eigenvalue weighted by Crippen LogP contribution is 2.64. The van der Waals surface area contributed by atoms with E-state index in [0.29, 0.717) is 5.78 Å². The first kappa shape index (κ1) is 18.9. The molecule has 0 amide bonds. The number of aliphatic hydroxyl groups is 1. The lowest BCUT2D eigenvalue weighted by Crippen LogP contribution is -2.51. The van der Waals surface area contributed by atoms with Gasteiger partial charge in [0.2, 0.25) is 0 Å². The molecule has 28 heavy (non-hydrogen) atoms. The SMILES string of the molecule is C[C@@]1(O)CC[C@H]2[C@H](CC[C@@H]3[C@@H]2CC[C@]2(C)[C@@H](C(=O)c4ccccc4)CC[C@@H]32)C1. The lowest BCUT2D eigenvalue weighted by molar-refractivity contribution is -0.0976. The first-order valence-corrected chi connectivity index (χ1v) is 11.7. The Labute approximate surface area is 170 Å². The standard InChI is InChI=1S/C26H36O2/c1-25(28)14-12-19-18(16-25)8-9-21-20(19)13-15-26(2)22(21)10-11-23(26)24(27)17-6-4-3-5-7-17/h3-7,18-23,28H,8-16H2,1-2H3/t18-,19+,20-,21-,22+,23-,25-,26+/m1/s1. The van der Waals surface area contributed by atoms with Crippen molar-refractivity contribution in [2.24, 2.45) is 40.9 Å². The molecule has 2 heteroatoms. The van der Waals surface area contributed by atoms with Crippen LogP contribution in [0.25, 0.3) is 0 Å². The van der Waals surface area contributed by atoms with Gasteiger partial charge in [0.1, 0.15) is 0 Å². The molecular formula is C26H36O2. The molecule has 1 aromatic rings. The van der Waals surface area contributed by atoms with Crippen molar-refractivity contribution in [3.05, 3.63) is 35.9 Å². The van der Waals surface area contributed by atoms with Crippen LogP contribution in [-0.4, -0.2) is 16.5 Å². The third-order valence-electron chi connectivity index (χ3n) is 9.61. The second-order valence-electron chi connectivity index (χ2n) is 11.1. The van der Waals surface area contributed by atoms with E-state index in [0.717, 1.165) is 54.4 Å². The molecular weight excluding hydrogens is 344 g/mol. The van der Waals surface area contributed by atoms with E-state index in [1.807, 2.05) is 37.3 Å². The minimum absolute atomic E-state index is 0.196. The monoisotopic (exact) mass is 380 g/mol. The predicted molar refractivity (Wildman–Crippen MR) is 112 cm³/mol. The van der Waals surface area contributed by atoms with E-state index in [1.54, 1.807) is 0 Å². The van der Waals surface area contributed by atoms with Crippen LogP contribution < -0.4 is 0 Å². The maximum Gasteiger partial charge on any atom is 0.166 e. The van der Waals surface area contributed by atoms with E-state index in [9.17, 15) is 9.90 Å². The van der Waals surface area contributed by atoms with Gasteiger partial charge in [-0.25, -0.2) is 0 Å². The number of Topliss-reactive ketones (excluding diaryl/α,β-unsaturated/α-hetero) is 1. The van der Waals surface area contributed by atoms with Crippen LogP contribution in [0.1, 0.15) is 82.0 Å². The van der Waals surface area contributed by atoms with Gasteiger partial charge in [-0.2, -0.15) is 0 Å². The number of hydrogen-bond donors (Lipinski definition) is 1. The quantitative estimate of drug-likeness (QED) is 0.650. The molecule has 4 saturated carbocycles. The van der Waals surface area contributed by atoms with Crippen LogP contribution in [-0.2, 0) is 0 Å². The maximum absolute atomic E-state index is 13.3. The Morgan fingerprint density at radius 2 is 1.64 bits per heavy atom. The minimum atomic E-state index is -0.433. The molecule has 0 bridgehead atoms. The smallest absolute Gasteiger partial charge is 0.166 e. The molecule has 5 rings (SSSR count). The number of carbonyl (C=O) groups excluding carboxylic acids is 1. The predicted octanol–water partition coefficient (Wildman–Crippen LogP) is 5.89. The second kappa shape index (κ2) is 6.69. The average Bonchev–Trinajstić information content (AvgIpc) is 3.04. The molecule has 4 aliphatic rings. The summed E-state index contributed by atoms with van der Waals surface area (Å²) in [5, 5.41) is 10.6. The molecule has 1 N–H and O–H groups in total. The van der Waals surface area contributed by atoms with Gasteiger partial charge < -0.3 is 5.11 Å². The fourth-order valence-electron chi connectivity index (χ4n) is 8.32. The van der Waals surface area contributed by atoms with Crippen LogP contribution >= 0.6 is 0 Å². The molecule has 0 heterocycles. The molecule has 2 nitrogen and oxygen atoms in total. The molecule has 0 radical (unpaired) electrons. The number of ketones is 1. The normalized spacial score (nSPS) is 47.7. The van der Waals surface area contributed by atoms with Gasteiger partial charge >= 0.3 is 0 Å². The van der Waals surface area contributed by atoms with Crippen molar-refractivity contribution >= 4 is 5.78 Å². The number of carbonyl (C=O) groups is 1. The van der Waals surface area contributed by atoms with Crippen molar-refractivity contribution in [1.82, 2.24) is 0 Å². The van der Waals surface area contributed by atoms with E-state index in [-0.39, 0.29) is 11.3 Å². The Bertz CT molecular complexity index is 738. The van der Waals surface area contributed by atoms with Gasteiger partial charge in [-0.05, 0) is 99.7 Å². The van der Waals surface area contributed by atoms with E-state index < -0.39 is 5.60 Å². The summed E-state index contributed by atoms with van der Waals surface area (Å²) in [6.07, 6.45) is 10.7. The van der Waals surface area contributed by atoms with Crippen LogP contribution in [0, 0.1) is 40.9 Å². The summed E-state index contributed by atoms with van der Waals surface area (Å²) < 4.78 is 0. The van der Waals surface area contributed by atoms with Gasteiger partial charge in [0.15, 0.2) is 5.78 Å². The third kappa shape index (κ3) is 2.90. The molecule has 0 spiro atoms. The largest absolute Gasteiger partial charge is 0.390 e. The van der Waals surface area contributed by atoms with Crippen LogP contribution in [0.3, 0.4) is 0 Å². The molecule has 8 atom stereocenters. The van der Waals surface area contributed by atoms with Gasteiger partial charge in [-0.15, -0.1) is 0 Å². The number of hydrogen-bond acceptors (Lipinski definition) is 2. The Kier molecular flexibility index (Phi) is 4.50. The summed E-state index contributed by atoms with van der Waals surface area (Å²) in [5.74, 6) is 4.56. The molecule has 152 valence electrons. The molecule has 4 fully saturated rings. The summed E-state index contributed by atoms with van der Waals surface area (Å²) in [4.78, 5) is 13.3. The van der Waals surface area contributed by atoms with Gasteiger partial charge in [0, 0.05) is 11.5 Å². The lowest BCUT2D eigenvalue weighted by atomic mass is 9.49. The molecule has 1 aromatic carbocycles. The average molecular weight is 381 g/mol. The van der Waals surface area contributed by atoms with Crippen LogP contribution in [0.4, 0.5) is 0 Å². The van der Waals surface area contributed by atoms with Crippen molar-refractivity contribution in [3.63, 3.8) is 0 Å². The summed E-state index contributed by atoms with van der Waals surface area (Å²) in [6, 6.07) is 10.0. The van der Waals surface area contributed by atoms with Gasteiger partial charge in [0.05, 0.1) is 5.60 Å². The number of benzene rings is 1. The maximum atomic E-state index is 13.3. The Hall–Kier alpha value is -1.15. The van der Waals surface area contributed by atoms with Crippen molar-refractivity contribution < 1.29 is 9.90 Å². The topological polar surface area (TPSA) is 37.3 Å². The molecule has 0 aromatic heterocycles. The second-order valence-corrected chi connectivity index (χ2v) is 11.1. The van der Waals surface area contributed by atoms with Crippen molar-refractivity contribution in [1.29, 1.82) is 0 Å². The summed E-state index contributed by atoms with van der Waals surface area (Å²) >= 11 is 0. The zero-order chi connectivity index (χ0) is 19.5. The Morgan fingerprint density at radius 1 is 0.893 bits per heavy atom.